The van der Waals surface area contributed by atoms with Crippen molar-refractivity contribution in [3.63, 3.8) is 0 Å². The Morgan fingerprint density at radius 3 is 3.00 bits per heavy atom. The molecule has 3 heteroatoms. The van der Waals surface area contributed by atoms with E-state index >= 15 is 0 Å². The molecule has 98 valence electrons. The summed E-state index contributed by atoms with van der Waals surface area (Å²) in [6, 6.07) is 5.23. The van der Waals surface area contributed by atoms with Gasteiger partial charge in [0.25, 0.3) is 0 Å². The van der Waals surface area contributed by atoms with E-state index in [0.717, 1.165) is 18.9 Å². The maximum Gasteiger partial charge on any atom is 0.134 e. The molecule has 2 rings (SSSR count). The highest BCUT2D eigenvalue weighted by molar-refractivity contribution is 5.58. The van der Waals surface area contributed by atoms with Gasteiger partial charge in [-0.1, -0.05) is 25.1 Å². The first-order valence-corrected chi connectivity index (χ1v) is 6.45. The predicted octanol–water partition coefficient (Wildman–Crippen LogP) is 3.24. The number of hydrogen-bond acceptors (Lipinski definition) is 2. The van der Waals surface area contributed by atoms with E-state index in [4.69, 9.17) is 4.74 Å². The fraction of sp³-hybridized carbons (Fsp3) is 0.467. The van der Waals surface area contributed by atoms with E-state index < -0.39 is 0 Å². The minimum atomic E-state index is -0.241. The molecule has 0 aromatic heterocycles. The van der Waals surface area contributed by atoms with Crippen LogP contribution >= 0.6 is 0 Å². The van der Waals surface area contributed by atoms with Gasteiger partial charge >= 0.3 is 0 Å². The molecule has 1 saturated heterocycles. The Balaban J connectivity index is 2.13. The molecule has 2 nitrogen and oxygen atoms in total. The van der Waals surface area contributed by atoms with Gasteiger partial charge in [0.15, 0.2) is 0 Å². The summed E-state index contributed by atoms with van der Waals surface area (Å²) in [6.45, 7) is 3.29. The van der Waals surface area contributed by atoms with Crippen molar-refractivity contribution >= 4 is 6.08 Å². The fourth-order valence-corrected chi connectivity index (χ4v) is 2.37. The number of nitrogens with one attached hydrogen (secondary N) is 1. The topological polar surface area (TPSA) is 21.3 Å². The summed E-state index contributed by atoms with van der Waals surface area (Å²) in [5, 5.41) is 3.43. The third kappa shape index (κ3) is 3.10. The van der Waals surface area contributed by atoms with Crippen molar-refractivity contribution < 1.29 is 9.13 Å². The van der Waals surface area contributed by atoms with Crippen LogP contribution in [0.2, 0.25) is 0 Å². The van der Waals surface area contributed by atoms with Crippen molar-refractivity contribution in [2.75, 3.05) is 13.7 Å². The largest absolute Gasteiger partial charge is 0.496 e. The van der Waals surface area contributed by atoms with Crippen LogP contribution in [0.1, 0.15) is 25.3 Å². The van der Waals surface area contributed by atoms with Crippen LogP contribution in [-0.4, -0.2) is 19.7 Å². The van der Waals surface area contributed by atoms with Gasteiger partial charge < -0.3 is 10.1 Å². The van der Waals surface area contributed by atoms with Crippen LogP contribution in [0.5, 0.6) is 5.75 Å². The van der Waals surface area contributed by atoms with Gasteiger partial charge in [-0.25, -0.2) is 4.39 Å². The van der Waals surface area contributed by atoms with Crippen molar-refractivity contribution in [2.24, 2.45) is 5.92 Å². The maximum atomic E-state index is 13.7. The molecule has 18 heavy (non-hydrogen) atoms. The summed E-state index contributed by atoms with van der Waals surface area (Å²) >= 11 is 0. The van der Waals surface area contributed by atoms with Crippen molar-refractivity contribution in [1.29, 1.82) is 0 Å². The summed E-state index contributed by atoms with van der Waals surface area (Å²) in [5.74, 6) is 1.06. The number of piperidine rings is 1. The molecule has 1 aromatic rings. The third-order valence-electron chi connectivity index (χ3n) is 3.43. The molecule has 0 radical (unpaired) electrons. The first-order valence-electron chi connectivity index (χ1n) is 6.45. The van der Waals surface area contributed by atoms with E-state index in [1.54, 1.807) is 19.2 Å². The fourth-order valence-electron chi connectivity index (χ4n) is 2.37. The van der Waals surface area contributed by atoms with Gasteiger partial charge in [-0.2, -0.15) is 0 Å². The number of ether oxygens (including phenoxy) is 1. The average molecular weight is 249 g/mol. The lowest BCUT2D eigenvalue weighted by molar-refractivity contribution is 0.357. The number of methoxy groups -OCH3 is 1. The van der Waals surface area contributed by atoms with Gasteiger partial charge in [0.1, 0.15) is 11.6 Å². The molecule has 0 bridgehead atoms. The Morgan fingerprint density at radius 2 is 2.28 bits per heavy atom. The van der Waals surface area contributed by atoms with Crippen molar-refractivity contribution in [2.45, 2.75) is 25.8 Å². The highest BCUT2D eigenvalue weighted by Crippen LogP contribution is 2.24. The van der Waals surface area contributed by atoms with Crippen LogP contribution in [0.15, 0.2) is 24.3 Å². The average Bonchev–Trinajstić information content (AvgIpc) is 2.37. The Kier molecular flexibility index (Phi) is 4.37. The highest BCUT2D eigenvalue weighted by atomic mass is 19.1. The van der Waals surface area contributed by atoms with Gasteiger partial charge in [0.05, 0.1) is 12.7 Å². The van der Waals surface area contributed by atoms with E-state index in [0.29, 0.717) is 17.4 Å². The van der Waals surface area contributed by atoms with E-state index in [1.807, 2.05) is 12.2 Å². The minimum Gasteiger partial charge on any atom is -0.496 e. The molecule has 0 aliphatic carbocycles. The zero-order valence-corrected chi connectivity index (χ0v) is 10.9. The van der Waals surface area contributed by atoms with Crippen LogP contribution in [0.3, 0.4) is 0 Å². The Morgan fingerprint density at radius 1 is 1.44 bits per heavy atom. The second kappa shape index (κ2) is 6.01. The lowest BCUT2D eigenvalue weighted by Gasteiger charge is -2.25. The molecule has 1 aromatic carbocycles. The first-order chi connectivity index (χ1) is 8.70. The molecule has 0 saturated carbocycles. The maximum absolute atomic E-state index is 13.7. The Labute approximate surface area is 108 Å². The number of hydrogen-bond donors (Lipinski definition) is 1. The summed E-state index contributed by atoms with van der Waals surface area (Å²) in [5.41, 5.74) is 0.528. The summed E-state index contributed by atoms with van der Waals surface area (Å²) in [7, 11) is 1.56. The van der Waals surface area contributed by atoms with Crippen molar-refractivity contribution in [3.05, 3.63) is 35.7 Å². The van der Waals surface area contributed by atoms with E-state index in [1.165, 1.54) is 12.5 Å². The number of halogens is 1. The van der Waals surface area contributed by atoms with E-state index in [-0.39, 0.29) is 5.82 Å². The van der Waals surface area contributed by atoms with Gasteiger partial charge in [0, 0.05) is 6.04 Å². The second-order valence-corrected chi connectivity index (χ2v) is 4.91. The molecular weight excluding hydrogens is 229 g/mol. The molecule has 0 amide bonds. The van der Waals surface area contributed by atoms with Crippen LogP contribution in [0.25, 0.3) is 6.08 Å². The molecule has 2 atom stereocenters. The molecule has 2 unspecified atom stereocenters. The summed E-state index contributed by atoms with van der Waals surface area (Å²) in [4.78, 5) is 0. The molecule has 1 aliphatic heterocycles. The number of rotatable bonds is 3. The highest BCUT2D eigenvalue weighted by Gasteiger charge is 2.16. The standard InChI is InChI=1S/C15H20FNO/c1-11-8-9-17-12(10-11)6-7-13-14(16)4-3-5-15(13)18-2/h3-7,11-12,17H,8-10H2,1-2H3/b7-6+. The normalized spacial score (nSPS) is 24.4. The SMILES string of the molecule is COc1cccc(F)c1/C=C/C1CC(C)CCN1. The quantitative estimate of drug-likeness (QED) is 0.888. The third-order valence-corrected chi connectivity index (χ3v) is 3.43. The summed E-state index contributed by atoms with van der Waals surface area (Å²) in [6.07, 6.45) is 6.18. The lowest BCUT2D eigenvalue weighted by atomic mass is 9.94. The van der Waals surface area contributed by atoms with E-state index in [9.17, 15) is 4.39 Å². The van der Waals surface area contributed by atoms with Gasteiger partial charge in [-0.15, -0.1) is 0 Å². The van der Waals surface area contributed by atoms with Crippen LogP contribution in [-0.2, 0) is 0 Å². The zero-order valence-electron chi connectivity index (χ0n) is 10.9. The molecule has 1 aliphatic rings. The van der Waals surface area contributed by atoms with Crippen LogP contribution in [0.4, 0.5) is 4.39 Å². The molecule has 0 spiro atoms. The zero-order chi connectivity index (χ0) is 13.0. The Hall–Kier alpha value is -1.35. The van der Waals surface area contributed by atoms with Gasteiger partial charge in [-0.3, -0.25) is 0 Å². The van der Waals surface area contributed by atoms with Crippen LogP contribution < -0.4 is 10.1 Å². The van der Waals surface area contributed by atoms with Crippen molar-refractivity contribution in [1.82, 2.24) is 5.32 Å². The first kappa shape index (κ1) is 13.1. The molecular formula is C15H20FNO. The van der Waals surface area contributed by atoms with Gasteiger partial charge in [0.2, 0.25) is 0 Å². The summed E-state index contributed by atoms with van der Waals surface area (Å²) < 4.78 is 18.9. The van der Waals surface area contributed by atoms with Crippen LogP contribution in [0, 0.1) is 11.7 Å². The minimum absolute atomic E-state index is 0.241. The monoisotopic (exact) mass is 249 g/mol. The predicted molar refractivity (Wildman–Crippen MR) is 72.2 cm³/mol. The van der Waals surface area contributed by atoms with Gasteiger partial charge in [-0.05, 0) is 37.4 Å². The molecule has 1 fully saturated rings. The molecule has 1 N–H and O–H groups in total. The van der Waals surface area contributed by atoms with E-state index in [2.05, 4.69) is 12.2 Å². The lowest BCUT2D eigenvalue weighted by Crippen LogP contribution is -2.35. The van der Waals surface area contributed by atoms with Crippen molar-refractivity contribution in [3.8, 4) is 5.75 Å². The number of benzene rings is 1. The smallest absolute Gasteiger partial charge is 0.134 e. The second-order valence-electron chi connectivity index (χ2n) is 4.91. The molecule has 1 heterocycles. The Bertz CT molecular complexity index is 431.